The Kier molecular flexibility index (Phi) is 7.65. The minimum atomic E-state index is -3.50. The summed E-state index contributed by atoms with van der Waals surface area (Å²) in [6.07, 6.45) is 3.96. The van der Waals surface area contributed by atoms with Gasteiger partial charge in [-0.1, -0.05) is 5.16 Å². The summed E-state index contributed by atoms with van der Waals surface area (Å²) in [5, 5.41) is 15.9. The second-order valence-corrected chi connectivity index (χ2v) is 12.0. The van der Waals surface area contributed by atoms with Crippen LogP contribution in [0.25, 0.3) is 0 Å². The van der Waals surface area contributed by atoms with Crippen molar-refractivity contribution in [3.63, 3.8) is 0 Å². The Balaban J connectivity index is 1.55. The zero-order chi connectivity index (χ0) is 27.8. The number of carbonyl (C=O) groups is 3. The predicted molar refractivity (Wildman–Crippen MR) is 130 cm³/mol. The van der Waals surface area contributed by atoms with Gasteiger partial charge in [-0.2, -0.15) is 13.3 Å². The largest absolute Gasteiger partial charge is 0.477 e. The summed E-state index contributed by atoms with van der Waals surface area (Å²) in [5.74, 6) is -3.02. The number of hydrogen-bond donors (Lipinski definition) is 3. The van der Waals surface area contributed by atoms with E-state index < -0.39 is 51.4 Å². The van der Waals surface area contributed by atoms with Crippen molar-refractivity contribution < 1.29 is 46.1 Å². The highest BCUT2D eigenvalue weighted by atomic mass is 32.2. The number of oxime groups is 1. The van der Waals surface area contributed by atoms with Gasteiger partial charge < -0.3 is 21.0 Å². The fourth-order valence-electron chi connectivity index (χ4n) is 3.74. The number of nitrogen functional groups attached to an aromatic ring is 1. The first-order valence-electron chi connectivity index (χ1n) is 10.5. The first-order chi connectivity index (χ1) is 17.9. The van der Waals surface area contributed by atoms with Crippen LogP contribution in [0.3, 0.4) is 0 Å². The van der Waals surface area contributed by atoms with E-state index in [9.17, 15) is 36.7 Å². The van der Waals surface area contributed by atoms with Gasteiger partial charge in [0.15, 0.2) is 39.6 Å². The van der Waals surface area contributed by atoms with Gasteiger partial charge in [-0.3, -0.25) is 14.5 Å². The predicted octanol–water partition coefficient (Wildman–Crippen LogP) is -0.202. The number of fused-ring (bicyclic) bond motifs is 1. The first-order valence-corrected chi connectivity index (χ1v) is 14.3. The van der Waals surface area contributed by atoms with Crippen LogP contribution >= 0.6 is 23.1 Å². The molecule has 2 atom stereocenters. The molecule has 0 spiro atoms. The minimum absolute atomic E-state index is 0.00145. The first kappa shape index (κ1) is 27.4. The van der Waals surface area contributed by atoms with E-state index >= 15 is 0 Å². The fourth-order valence-corrected chi connectivity index (χ4v) is 6.28. The van der Waals surface area contributed by atoms with Crippen LogP contribution in [0.4, 0.5) is 13.9 Å². The molecule has 2 aromatic rings. The van der Waals surface area contributed by atoms with Gasteiger partial charge in [-0.25, -0.2) is 18.2 Å². The number of sulfone groups is 1. The third-order valence-corrected chi connectivity index (χ3v) is 8.48. The lowest BCUT2D eigenvalue weighted by atomic mass is 10.0. The number of pyridine rings is 1. The van der Waals surface area contributed by atoms with Crippen LogP contribution in [0.15, 0.2) is 51.2 Å². The number of hydrogen-bond acceptors (Lipinski definition) is 11. The number of aromatic nitrogens is 2. The molecule has 1 saturated heterocycles. The summed E-state index contributed by atoms with van der Waals surface area (Å²) in [6, 6.07) is 1.72. The van der Waals surface area contributed by atoms with Gasteiger partial charge in [-0.05, 0) is 6.07 Å². The van der Waals surface area contributed by atoms with Crippen LogP contribution in [0.5, 0.6) is 0 Å². The molecule has 2 aromatic heterocycles. The van der Waals surface area contributed by atoms with Crippen molar-refractivity contribution in [2.45, 2.75) is 29.5 Å². The molecule has 4 rings (SSSR count). The van der Waals surface area contributed by atoms with Crippen molar-refractivity contribution in [3.05, 3.63) is 46.9 Å². The van der Waals surface area contributed by atoms with E-state index in [2.05, 4.69) is 20.3 Å². The number of nitrogens with zero attached hydrogens (tertiary/aromatic N) is 4. The summed E-state index contributed by atoms with van der Waals surface area (Å²) < 4.78 is 50.3. The number of carboxylic acid groups (broad SMARTS) is 1. The maximum absolute atomic E-state index is 12.9. The Morgan fingerprint density at radius 3 is 2.79 bits per heavy atom. The van der Waals surface area contributed by atoms with Gasteiger partial charge in [0.25, 0.3) is 11.8 Å². The standard InChI is InChI=1S/C20H18F2N6O7S3/c1-38(33,34)10-3-2-4-27(6-10)5-9-7-36-17-13(16(30)28(17)14(9)18(31)32)25-15(29)12(26-35-19(21)22)11-8-37-20(23)24-11/h2-4,6,8,13,17,19H,5,7H2,1H3,(H3-,23,24,25,29,31,32)/p+1/b26-12+/t13?,17-/m1/s1. The van der Waals surface area contributed by atoms with E-state index in [-0.39, 0.29) is 33.7 Å². The number of nitrogens with one attached hydrogen (secondary N) is 1. The van der Waals surface area contributed by atoms with Gasteiger partial charge in [0.2, 0.25) is 0 Å². The molecule has 13 nitrogen and oxygen atoms in total. The Labute approximate surface area is 221 Å². The number of carbonyl (C=O) groups excluding carboxylic acids is 2. The van der Waals surface area contributed by atoms with Gasteiger partial charge in [-0.15, -0.1) is 23.1 Å². The molecule has 38 heavy (non-hydrogen) atoms. The van der Waals surface area contributed by atoms with Crippen LogP contribution in [0, 0.1) is 0 Å². The lowest BCUT2D eigenvalue weighted by Gasteiger charge is -2.49. The number of rotatable bonds is 9. The molecule has 2 aliphatic heterocycles. The molecule has 4 heterocycles. The van der Waals surface area contributed by atoms with E-state index in [1.807, 2.05) is 0 Å². The minimum Gasteiger partial charge on any atom is -0.477 e. The van der Waals surface area contributed by atoms with Crippen LogP contribution < -0.4 is 15.6 Å². The highest BCUT2D eigenvalue weighted by Crippen LogP contribution is 2.40. The molecule has 202 valence electrons. The molecule has 1 fully saturated rings. The van der Waals surface area contributed by atoms with Crippen molar-refractivity contribution in [3.8, 4) is 0 Å². The number of alkyl halides is 2. The van der Waals surface area contributed by atoms with Crippen molar-refractivity contribution in [2.24, 2.45) is 5.16 Å². The van der Waals surface area contributed by atoms with E-state index in [1.165, 1.54) is 40.0 Å². The lowest BCUT2D eigenvalue weighted by molar-refractivity contribution is -0.690. The van der Waals surface area contributed by atoms with Crippen LogP contribution in [-0.4, -0.2) is 76.9 Å². The summed E-state index contributed by atoms with van der Waals surface area (Å²) >= 11 is 2.09. The smallest absolute Gasteiger partial charge is 0.407 e. The van der Waals surface area contributed by atoms with E-state index in [1.54, 1.807) is 6.20 Å². The zero-order valence-electron chi connectivity index (χ0n) is 19.3. The van der Waals surface area contributed by atoms with Crippen LogP contribution in [0.2, 0.25) is 0 Å². The highest BCUT2D eigenvalue weighted by Gasteiger charge is 2.54. The monoisotopic (exact) mass is 589 g/mol. The van der Waals surface area contributed by atoms with E-state index in [4.69, 9.17) is 5.73 Å². The molecule has 0 aliphatic carbocycles. The Bertz CT molecular complexity index is 1480. The molecule has 0 saturated carbocycles. The number of carboxylic acids is 1. The van der Waals surface area contributed by atoms with Crippen molar-refractivity contribution in [1.29, 1.82) is 0 Å². The molecular weight excluding hydrogens is 570 g/mol. The number of thioether (sulfide) groups is 1. The average molecular weight is 590 g/mol. The van der Waals surface area contributed by atoms with Gasteiger partial charge in [0.05, 0.1) is 0 Å². The third kappa shape index (κ3) is 5.60. The Morgan fingerprint density at radius 1 is 1.45 bits per heavy atom. The number of thiazole rings is 1. The van der Waals surface area contributed by atoms with Crippen molar-refractivity contribution in [2.75, 3.05) is 17.7 Å². The van der Waals surface area contributed by atoms with Crippen LogP contribution in [-0.2, 0) is 35.6 Å². The summed E-state index contributed by atoms with van der Waals surface area (Å²) in [7, 11) is -3.50. The maximum Gasteiger partial charge on any atom is 0.407 e. The molecule has 4 N–H and O–H groups in total. The van der Waals surface area contributed by atoms with Crippen molar-refractivity contribution in [1.82, 2.24) is 15.2 Å². The number of β-lactam (4-membered cyclic amide) rings is 1. The van der Waals surface area contributed by atoms with E-state index in [0.717, 1.165) is 22.5 Å². The SMILES string of the molecule is CS(=O)(=O)c1ccc[n+](CC2=C(C(=O)O)N3C(=O)C(NC(=O)/C(=N/OC(F)F)c4csc(N)n4)[C@H]3SC2)c1. The third-order valence-electron chi connectivity index (χ3n) is 5.37. The number of aliphatic carboxylic acids is 1. The van der Waals surface area contributed by atoms with Crippen LogP contribution in [0.1, 0.15) is 5.69 Å². The zero-order valence-corrected chi connectivity index (χ0v) is 21.7. The number of nitrogens with two attached hydrogens (primary N) is 1. The van der Waals surface area contributed by atoms with Gasteiger partial charge in [0.1, 0.15) is 27.7 Å². The fraction of sp³-hybridized carbons (Fsp3) is 0.300. The van der Waals surface area contributed by atoms with E-state index in [0.29, 0.717) is 5.57 Å². The topological polar surface area (TPSA) is 185 Å². The highest BCUT2D eigenvalue weighted by molar-refractivity contribution is 8.00. The molecule has 18 heteroatoms. The molecular formula is C20H19F2N6O7S3+. The second-order valence-electron chi connectivity index (χ2n) is 7.98. The average Bonchev–Trinajstić information content (AvgIpc) is 3.27. The summed E-state index contributed by atoms with van der Waals surface area (Å²) in [5.41, 5.74) is 4.81. The molecule has 2 amide bonds. The molecule has 2 aliphatic rings. The second kappa shape index (κ2) is 10.6. The number of halogens is 2. The van der Waals surface area contributed by atoms with Crippen molar-refractivity contribution >= 4 is 61.6 Å². The number of anilines is 1. The quantitative estimate of drug-likeness (QED) is 0.153. The Morgan fingerprint density at radius 2 is 2.18 bits per heavy atom. The maximum atomic E-state index is 12.9. The molecule has 0 aromatic carbocycles. The molecule has 1 unspecified atom stereocenters. The van der Waals surface area contributed by atoms with Gasteiger partial charge in [0, 0.05) is 29.0 Å². The summed E-state index contributed by atoms with van der Waals surface area (Å²) in [4.78, 5) is 46.7. The summed E-state index contributed by atoms with van der Waals surface area (Å²) in [6.45, 7) is -3.32. The lowest BCUT2D eigenvalue weighted by Crippen LogP contribution is -2.71. The number of amides is 2. The molecule has 0 bridgehead atoms. The Hall–Kier alpha value is -3.64. The normalized spacial score (nSPS) is 19.7. The molecule has 0 radical (unpaired) electrons. The van der Waals surface area contributed by atoms with Gasteiger partial charge >= 0.3 is 12.6 Å².